The molecule has 0 spiro atoms. The second-order valence-corrected chi connectivity index (χ2v) is 8.75. The predicted molar refractivity (Wildman–Crippen MR) is 126 cm³/mol. The summed E-state index contributed by atoms with van der Waals surface area (Å²) >= 11 is 7.08. The molecule has 10 heteroatoms. The van der Waals surface area contributed by atoms with Gasteiger partial charge in [0.15, 0.2) is 5.16 Å². The van der Waals surface area contributed by atoms with Crippen molar-refractivity contribution in [3.8, 4) is 0 Å². The third-order valence-corrected chi connectivity index (χ3v) is 6.31. The van der Waals surface area contributed by atoms with E-state index >= 15 is 0 Å². The summed E-state index contributed by atoms with van der Waals surface area (Å²) in [5, 5.41) is 4.35. The lowest BCUT2D eigenvalue weighted by molar-refractivity contribution is -0.113. The van der Waals surface area contributed by atoms with Crippen LogP contribution in [0, 0.1) is 0 Å². The molecule has 1 saturated heterocycles. The number of para-hydroxylation sites is 1. The van der Waals surface area contributed by atoms with E-state index in [2.05, 4.69) is 20.2 Å². The summed E-state index contributed by atoms with van der Waals surface area (Å²) in [6, 6.07) is 10.6. The molecule has 0 aliphatic carbocycles. The smallest absolute Gasteiger partial charge is 0.262 e. The van der Waals surface area contributed by atoms with Gasteiger partial charge in [0.25, 0.3) is 5.56 Å². The van der Waals surface area contributed by atoms with E-state index in [9.17, 15) is 9.59 Å². The molecule has 1 N–H and O–H groups in total. The van der Waals surface area contributed by atoms with Gasteiger partial charge in [-0.1, -0.05) is 35.5 Å². The minimum absolute atomic E-state index is 0.0835. The second kappa shape index (κ2) is 10.9. The van der Waals surface area contributed by atoms with Crippen molar-refractivity contribution in [1.82, 2.24) is 19.4 Å². The molecule has 32 heavy (non-hydrogen) atoms. The Morgan fingerprint density at radius 3 is 2.75 bits per heavy atom. The SMILES string of the molecule is O=C(CSc1nc2ccccc2c(=O)n1CCCN1CCOCC1)Nc1ccc(Cl)cn1. The van der Waals surface area contributed by atoms with E-state index in [4.69, 9.17) is 16.3 Å². The van der Waals surface area contributed by atoms with Crippen molar-refractivity contribution in [2.75, 3.05) is 43.9 Å². The molecule has 168 valence electrons. The molecular weight excluding hydrogens is 450 g/mol. The van der Waals surface area contributed by atoms with Gasteiger partial charge in [0.1, 0.15) is 5.82 Å². The average Bonchev–Trinajstić information content (AvgIpc) is 2.81. The Hall–Kier alpha value is -2.46. The Morgan fingerprint density at radius 2 is 1.97 bits per heavy atom. The number of carbonyl (C=O) groups is 1. The fourth-order valence-corrected chi connectivity index (χ4v) is 4.43. The topological polar surface area (TPSA) is 89.4 Å². The lowest BCUT2D eigenvalue weighted by Gasteiger charge is -2.26. The molecule has 0 unspecified atom stereocenters. The lowest BCUT2D eigenvalue weighted by atomic mass is 10.2. The Kier molecular flexibility index (Phi) is 7.75. The first-order valence-corrected chi connectivity index (χ1v) is 11.8. The van der Waals surface area contributed by atoms with Crippen LogP contribution in [0.5, 0.6) is 0 Å². The number of anilines is 1. The Balaban J connectivity index is 1.47. The lowest BCUT2D eigenvalue weighted by Crippen LogP contribution is -2.37. The van der Waals surface area contributed by atoms with Gasteiger partial charge in [0.05, 0.1) is 34.9 Å². The summed E-state index contributed by atoms with van der Waals surface area (Å²) in [4.78, 5) is 36.6. The molecule has 0 bridgehead atoms. The highest BCUT2D eigenvalue weighted by atomic mass is 35.5. The quantitative estimate of drug-likeness (QED) is 0.397. The predicted octanol–water partition coefficient (Wildman–Crippen LogP) is 2.90. The van der Waals surface area contributed by atoms with Gasteiger partial charge in [-0.2, -0.15) is 0 Å². The van der Waals surface area contributed by atoms with Crippen molar-refractivity contribution in [3.63, 3.8) is 0 Å². The number of hydrogen-bond acceptors (Lipinski definition) is 7. The Morgan fingerprint density at radius 1 is 1.16 bits per heavy atom. The maximum Gasteiger partial charge on any atom is 0.262 e. The van der Waals surface area contributed by atoms with Crippen molar-refractivity contribution >= 4 is 46.0 Å². The number of pyridine rings is 1. The number of nitrogens with one attached hydrogen (secondary N) is 1. The molecule has 1 aliphatic rings. The zero-order chi connectivity index (χ0) is 22.3. The summed E-state index contributed by atoms with van der Waals surface area (Å²) in [5.74, 6) is 0.305. The first kappa shape index (κ1) is 22.7. The molecular formula is C22H24ClN5O3S. The molecule has 0 radical (unpaired) electrons. The zero-order valence-corrected chi connectivity index (χ0v) is 19.1. The number of benzene rings is 1. The maximum absolute atomic E-state index is 13.2. The third-order valence-electron chi connectivity index (χ3n) is 5.11. The number of ether oxygens (including phenoxy) is 1. The zero-order valence-electron chi connectivity index (χ0n) is 17.5. The number of hydrogen-bond donors (Lipinski definition) is 1. The molecule has 1 fully saturated rings. The van der Waals surface area contributed by atoms with Crippen LogP contribution in [0.15, 0.2) is 52.5 Å². The van der Waals surface area contributed by atoms with Crippen LogP contribution in [0.25, 0.3) is 10.9 Å². The molecule has 3 aromatic rings. The Labute approximate surface area is 194 Å². The van der Waals surface area contributed by atoms with Crippen LogP contribution in [0.1, 0.15) is 6.42 Å². The van der Waals surface area contributed by atoms with E-state index in [1.165, 1.54) is 18.0 Å². The number of thioether (sulfide) groups is 1. The molecule has 1 amide bonds. The van der Waals surface area contributed by atoms with Gasteiger partial charge >= 0.3 is 0 Å². The van der Waals surface area contributed by atoms with Crippen molar-refractivity contribution < 1.29 is 9.53 Å². The summed E-state index contributed by atoms with van der Waals surface area (Å²) in [7, 11) is 0. The molecule has 1 aromatic carbocycles. The standard InChI is InChI=1S/C22H24ClN5O3S/c23-16-6-7-19(24-14-16)26-20(29)15-32-22-25-18-5-2-1-4-17(18)21(30)28(22)9-3-8-27-10-12-31-13-11-27/h1-2,4-7,14H,3,8-13,15H2,(H,24,26,29). The second-order valence-electron chi connectivity index (χ2n) is 7.37. The largest absolute Gasteiger partial charge is 0.379 e. The first-order valence-electron chi connectivity index (χ1n) is 10.4. The van der Waals surface area contributed by atoms with Crippen LogP contribution in [-0.2, 0) is 16.1 Å². The molecule has 4 rings (SSSR count). The van der Waals surface area contributed by atoms with Crippen molar-refractivity contribution in [2.24, 2.45) is 0 Å². The van der Waals surface area contributed by atoms with Gasteiger partial charge in [-0.3, -0.25) is 19.1 Å². The van der Waals surface area contributed by atoms with Crippen LogP contribution >= 0.6 is 23.4 Å². The van der Waals surface area contributed by atoms with E-state index in [1.54, 1.807) is 22.8 Å². The fourth-order valence-electron chi connectivity index (χ4n) is 3.49. The molecule has 2 aromatic heterocycles. The van der Waals surface area contributed by atoms with Crippen LogP contribution in [0.2, 0.25) is 5.02 Å². The number of carbonyl (C=O) groups excluding carboxylic acids is 1. The Bertz CT molecular complexity index is 1130. The van der Waals surface area contributed by atoms with E-state index in [-0.39, 0.29) is 17.2 Å². The molecule has 0 atom stereocenters. The van der Waals surface area contributed by atoms with Gasteiger partial charge in [-0.15, -0.1) is 0 Å². The molecule has 0 saturated carbocycles. The molecule has 3 heterocycles. The summed E-state index contributed by atoms with van der Waals surface area (Å²) in [6.45, 7) is 4.73. The summed E-state index contributed by atoms with van der Waals surface area (Å²) in [5.41, 5.74) is 0.545. The van der Waals surface area contributed by atoms with Crippen molar-refractivity contribution in [2.45, 2.75) is 18.1 Å². The number of rotatable bonds is 8. The normalized spacial score (nSPS) is 14.5. The van der Waals surface area contributed by atoms with Crippen molar-refractivity contribution in [1.29, 1.82) is 0 Å². The number of morpholine rings is 1. The van der Waals surface area contributed by atoms with Crippen LogP contribution in [0.3, 0.4) is 0 Å². The van der Waals surface area contributed by atoms with Crippen LogP contribution in [0.4, 0.5) is 5.82 Å². The summed E-state index contributed by atoms with van der Waals surface area (Å²) in [6.07, 6.45) is 2.29. The number of halogens is 1. The number of fused-ring (bicyclic) bond motifs is 1. The number of aromatic nitrogens is 3. The van der Waals surface area contributed by atoms with Gasteiger partial charge in [-0.25, -0.2) is 9.97 Å². The minimum atomic E-state index is -0.230. The summed E-state index contributed by atoms with van der Waals surface area (Å²) < 4.78 is 7.08. The van der Waals surface area contributed by atoms with E-state index in [0.29, 0.717) is 33.4 Å². The van der Waals surface area contributed by atoms with Gasteiger partial charge in [-0.05, 0) is 30.7 Å². The van der Waals surface area contributed by atoms with E-state index in [1.807, 2.05) is 18.2 Å². The first-order chi connectivity index (χ1) is 15.6. The van der Waals surface area contributed by atoms with Crippen LogP contribution < -0.4 is 10.9 Å². The minimum Gasteiger partial charge on any atom is -0.379 e. The number of nitrogens with zero attached hydrogens (tertiary/aromatic N) is 4. The van der Waals surface area contributed by atoms with Gasteiger partial charge in [0.2, 0.25) is 5.91 Å². The number of amides is 1. The molecule has 8 nitrogen and oxygen atoms in total. The third kappa shape index (κ3) is 5.86. The fraction of sp³-hybridized carbons (Fsp3) is 0.364. The van der Waals surface area contributed by atoms with Crippen LogP contribution in [-0.4, -0.2) is 63.9 Å². The maximum atomic E-state index is 13.2. The highest BCUT2D eigenvalue weighted by molar-refractivity contribution is 7.99. The highest BCUT2D eigenvalue weighted by Gasteiger charge is 2.15. The monoisotopic (exact) mass is 473 g/mol. The van der Waals surface area contributed by atoms with Crippen molar-refractivity contribution in [3.05, 3.63) is 58.0 Å². The van der Waals surface area contributed by atoms with Gasteiger partial charge in [0, 0.05) is 32.4 Å². The average molecular weight is 474 g/mol. The van der Waals surface area contributed by atoms with E-state index < -0.39 is 0 Å². The highest BCUT2D eigenvalue weighted by Crippen LogP contribution is 2.19. The van der Waals surface area contributed by atoms with E-state index in [0.717, 1.165) is 39.3 Å². The van der Waals surface area contributed by atoms with Gasteiger partial charge < -0.3 is 10.1 Å². The molecule has 1 aliphatic heterocycles.